The van der Waals surface area contributed by atoms with Crippen LogP contribution in [0.1, 0.15) is 214 Å². The summed E-state index contributed by atoms with van der Waals surface area (Å²) in [5, 5.41) is 32.4. The zero-order chi connectivity index (χ0) is 95.5. The predicted molar refractivity (Wildman–Crippen MR) is 451 cm³/mol. The Kier molecular flexibility index (Phi) is 49.5. The van der Waals surface area contributed by atoms with E-state index in [1.54, 1.807) is 39.3 Å². The van der Waals surface area contributed by atoms with Crippen LogP contribution in [0.5, 0.6) is 5.75 Å². The van der Waals surface area contributed by atoms with Crippen molar-refractivity contribution in [2.45, 2.75) is 355 Å². The van der Waals surface area contributed by atoms with Gasteiger partial charge in [0.1, 0.15) is 50.0 Å². The average Bonchev–Trinajstić information content (AvgIpc) is 1.71. The number of ether oxygens (including phenoxy) is 16. The molecular formula is C87H146F2N8O28. The number of amides is 5. The van der Waals surface area contributed by atoms with E-state index in [1.165, 1.54) is 67.0 Å². The summed E-state index contributed by atoms with van der Waals surface area (Å²) in [5.41, 5.74) is 1.33. The van der Waals surface area contributed by atoms with Crippen molar-refractivity contribution in [2.24, 2.45) is 53.3 Å². The number of aliphatic hydroxyl groups excluding tert-OH is 1. The van der Waals surface area contributed by atoms with E-state index in [9.17, 15) is 66.6 Å². The number of carbonyl (C=O) groups is 11. The fourth-order valence-electron chi connectivity index (χ4n) is 13.7. The van der Waals surface area contributed by atoms with Crippen molar-refractivity contribution in [3.05, 3.63) is 30.5 Å². The molecular weight excluding hydrogens is 1640 g/mol. The maximum Gasteiger partial charge on any atom is 0.321 e. The van der Waals surface area contributed by atoms with Crippen molar-refractivity contribution in [3.8, 4) is 17.0 Å². The van der Waals surface area contributed by atoms with Gasteiger partial charge in [-0.05, 0) is 121 Å². The molecule has 0 spiro atoms. The molecule has 1 aromatic carbocycles. The standard InChI is InChI=1S/C21H26N4O8.C16H27F2NO5.C16H29NO5.2C15H27NO5.C4H10/c1-11(26)22-18-20(32-13(3)28)19(31-12(2)27)17(33-21(18)29)10-25-9-16(23-24-25)14-6-5-7-15(8-14)30-4;1-8(2)23-14-13(19-15(21)16(6,17)18)10(4)9(3)12(24-14)7-22-11(5)20;1-7-14(19)17-15-11(5)10(4)13(8-20-12(6)18)22-16(15)21-9(2)3;2*1-8(2)20-15-14(16-11(5)17)10(4)9(3)13(21-15)7-19-12(6)18;1-4(2)3/h5-9,17-21,29H,10H2,1-4H3,(H,22,26);8-10,12-14H,7H2,1-6H3,(H,19,21);9-11,13,15-16H,7-8H2,1-6H3,(H,17,19);2*8-10,13-15H,7H2,1-6H3,(H,16,17);4H,1-3H3/t17-,18-,19+,20-,21?;9-,10+,12-,13-,14?;10-,11+,13-,15-,16?;2*9-,10+,13-,14-,15?;/m11111./s1. The van der Waals surface area contributed by atoms with Gasteiger partial charge < -0.3 is 107 Å². The largest absolute Gasteiger partial charge is 0.497 e. The number of aliphatic hydroxyl groups is 1. The van der Waals surface area contributed by atoms with Gasteiger partial charge in [-0.15, -0.1) is 5.10 Å². The number of aromatic nitrogens is 3. The molecule has 7 rings (SSSR count). The van der Waals surface area contributed by atoms with Crippen LogP contribution in [0.2, 0.25) is 0 Å². The minimum absolute atomic E-state index is 0.0104. The molecule has 1 aromatic heterocycles. The summed E-state index contributed by atoms with van der Waals surface area (Å²) in [7, 11) is 1.56. The summed E-state index contributed by atoms with van der Waals surface area (Å²) in [6, 6.07) is 4.75. The molecule has 38 heteroatoms. The van der Waals surface area contributed by atoms with Gasteiger partial charge in [0.25, 0.3) is 5.91 Å². The van der Waals surface area contributed by atoms with Gasteiger partial charge in [0.05, 0.1) is 92.9 Å². The van der Waals surface area contributed by atoms with E-state index < -0.39 is 104 Å². The van der Waals surface area contributed by atoms with Crippen molar-refractivity contribution in [2.75, 3.05) is 33.5 Å². The van der Waals surface area contributed by atoms with E-state index in [4.69, 9.17) is 75.8 Å². The van der Waals surface area contributed by atoms with Gasteiger partial charge in [-0.1, -0.05) is 100 Å². The van der Waals surface area contributed by atoms with E-state index in [2.05, 4.69) is 64.6 Å². The lowest BCUT2D eigenvalue weighted by molar-refractivity contribution is -0.260. The molecule has 5 unspecified atom stereocenters. The highest BCUT2D eigenvalue weighted by molar-refractivity contribution is 5.83. The Morgan fingerprint density at radius 1 is 0.456 bits per heavy atom. The smallest absolute Gasteiger partial charge is 0.321 e. The van der Waals surface area contributed by atoms with Crippen molar-refractivity contribution in [1.29, 1.82) is 0 Å². The van der Waals surface area contributed by atoms with Gasteiger partial charge in [-0.2, -0.15) is 8.78 Å². The summed E-state index contributed by atoms with van der Waals surface area (Å²) < 4.78 is 116. The number of hydrogen-bond acceptors (Lipinski definition) is 30. The summed E-state index contributed by atoms with van der Waals surface area (Å²) in [5.74, 6) is -6.36. The number of nitrogens with one attached hydrogen (secondary N) is 5. The Bertz CT molecular complexity index is 3590. The summed E-state index contributed by atoms with van der Waals surface area (Å²) in [6.45, 7) is 52.5. The second-order valence-electron chi connectivity index (χ2n) is 34.0. The average molecular weight is 1790 g/mol. The minimum atomic E-state index is -3.49. The number of carbonyl (C=O) groups excluding carboxylic acids is 11. The zero-order valence-corrected chi connectivity index (χ0v) is 79.0. The van der Waals surface area contributed by atoms with Crippen molar-refractivity contribution in [1.82, 2.24) is 41.6 Å². The van der Waals surface area contributed by atoms with Crippen molar-refractivity contribution < 1.29 is 142 Å². The van der Waals surface area contributed by atoms with Gasteiger partial charge in [0.2, 0.25) is 23.6 Å². The fraction of sp³-hybridized carbons (Fsp3) is 0.782. The quantitative estimate of drug-likeness (QED) is 0.0327. The summed E-state index contributed by atoms with van der Waals surface area (Å²) in [4.78, 5) is 125. The molecule has 6 heterocycles. The lowest BCUT2D eigenvalue weighted by Crippen LogP contribution is -2.65. The third-order valence-electron chi connectivity index (χ3n) is 20.8. The molecule has 5 fully saturated rings. The van der Waals surface area contributed by atoms with Crippen molar-refractivity contribution in [3.63, 3.8) is 0 Å². The number of halogens is 2. The molecule has 5 amide bonds. The first-order chi connectivity index (χ1) is 58.0. The number of alkyl halides is 2. The van der Waals surface area contributed by atoms with E-state index in [1.807, 2.05) is 109 Å². The molecule has 125 heavy (non-hydrogen) atoms. The van der Waals surface area contributed by atoms with Gasteiger partial charge in [0.15, 0.2) is 43.7 Å². The third-order valence-corrected chi connectivity index (χ3v) is 20.8. The first-order valence-electron chi connectivity index (χ1n) is 42.8. The highest BCUT2D eigenvalue weighted by Gasteiger charge is 2.52. The van der Waals surface area contributed by atoms with Crippen LogP contribution in [-0.4, -0.2) is 254 Å². The predicted octanol–water partition coefficient (Wildman–Crippen LogP) is 8.63. The number of methoxy groups -OCH3 is 1. The second-order valence-corrected chi connectivity index (χ2v) is 34.0. The molecule has 0 radical (unpaired) electrons. The van der Waals surface area contributed by atoms with Crippen LogP contribution in [0.4, 0.5) is 8.78 Å². The monoisotopic (exact) mass is 1790 g/mol. The van der Waals surface area contributed by atoms with Gasteiger partial charge in [-0.3, -0.25) is 52.7 Å². The van der Waals surface area contributed by atoms with Crippen LogP contribution >= 0.6 is 0 Å². The number of esters is 6. The Balaban J connectivity index is 0.000000529. The maximum atomic E-state index is 13.2. The van der Waals surface area contributed by atoms with Gasteiger partial charge >= 0.3 is 41.7 Å². The van der Waals surface area contributed by atoms with Crippen LogP contribution in [0.25, 0.3) is 11.3 Å². The molecule has 5 aliphatic rings. The Labute approximate surface area is 736 Å². The minimum Gasteiger partial charge on any atom is -0.497 e. The summed E-state index contributed by atoms with van der Waals surface area (Å²) in [6.07, 6.45) is -6.73. The van der Waals surface area contributed by atoms with Crippen LogP contribution in [0.3, 0.4) is 0 Å². The Morgan fingerprint density at radius 2 is 0.776 bits per heavy atom. The maximum absolute atomic E-state index is 13.2. The SMILES string of the molecule is CC(=O)N[C@H]1C(OC(C)C)O[C@H](COC(C)=O)[C@H](C)[C@@H]1C.CC(=O)N[C@H]1C(OC(C)C)O[C@H](COC(C)=O)[C@H](C)[C@@H]1C.CC(=O)OC[C@H]1OC(OC(C)C)[C@H](NC(=O)C(C)(F)F)[C@@H](C)[C@H]1C.CC(C)C.CCC(=O)N[C@H]1C(OC(C)C)O[C@H](COC(C)=O)[C@H](C)[C@@H]1C.COc1cccc(-c2cn(C[C@H]3OC(O)[C@H](NC(C)=O)[C@@H](OC(C)=O)[C@H]3OC(C)=O)nn2)c1. The van der Waals surface area contributed by atoms with E-state index in [-0.39, 0.29) is 177 Å². The Morgan fingerprint density at radius 3 is 1.07 bits per heavy atom. The van der Waals surface area contributed by atoms with E-state index >= 15 is 0 Å². The lowest BCUT2D eigenvalue weighted by atomic mass is 9.82. The topological polar surface area (TPSA) is 447 Å². The molecule has 5 aliphatic heterocycles. The van der Waals surface area contributed by atoms with Crippen LogP contribution < -0.4 is 31.3 Å². The first kappa shape index (κ1) is 113. The second kappa shape index (κ2) is 54.8. The highest BCUT2D eigenvalue weighted by Crippen LogP contribution is 2.38. The molecule has 716 valence electrons. The zero-order valence-electron chi connectivity index (χ0n) is 79.0. The van der Waals surface area contributed by atoms with Crippen molar-refractivity contribution >= 4 is 65.4 Å². The molecule has 25 atom stereocenters. The molecule has 0 saturated carbocycles. The molecule has 2 aromatic rings. The highest BCUT2D eigenvalue weighted by atomic mass is 19.3. The van der Waals surface area contributed by atoms with Crippen LogP contribution in [0.15, 0.2) is 30.5 Å². The molecule has 0 aliphatic carbocycles. The number of benzene rings is 1. The number of rotatable bonds is 29. The van der Waals surface area contributed by atoms with Gasteiger partial charge in [-0.25, -0.2) is 4.68 Å². The Hall–Kier alpha value is -8.21. The molecule has 5 saturated heterocycles. The van der Waals surface area contributed by atoms with Crippen LogP contribution in [-0.2, 0) is 130 Å². The lowest BCUT2D eigenvalue weighted by Gasteiger charge is -2.45. The molecule has 6 N–H and O–H groups in total. The first-order valence-corrected chi connectivity index (χ1v) is 42.8. The summed E-state index contributed by atoms with van der Waals surface area (Å²) >= 11 is 0. The van der Waals surface area contributed by atoms with E-state index in [0.717, 1.165) is 11.5 Å². The third kappa shape index (κ3) is 40.3. The van der Waals surface area contributed by atoms with E-state index in [0.29, 0.717) is 24.8 Å². The molecule has 0 bridgehead atoms. The fourth-order valence-corrected chi connectivity index (χ4v) is 13.7. The normalized spacial score (nSPS) is 29.4. The molecule has 36 nitrogen and oxygen atoms in total. The van der Waals surface area contributed by atoms with Crippen LogP contribution in [0, 0.1) is 53.3 Å². The number of nitrogens with zero attached hydrogens (tertiary/aromatic N) is 3. The number of hydrogen-bond donors (Lipinski definition) is 6. The van der Waals surface area contributed by atoms with Gasteiger partial charge in [0, 0.05) is 81.2 Å².